The van der Waals surface area contributed by atoms with Gasteiger partial charge in [0.1, 0.15) is 12.7 Å². The van der Waals surface area contributed by atoms with E-state index < -0.39 is 16.5 Å². The van der Waals surface area contributed by atoms with Crippen molar-refractivity contribution in [3.8, 4) is 0 Å². The third-order valence-corrected chi connectivity index (χ3v) is 2.66. The molecule has 0 aromatic heterocycles. The molecule has 1 atom stereocenters. The summed E-state index contributed by atoms with van der Waals surface area (Å²) in [4.78, 5) is 0. The summed E-state index contributed by atoms with van der Waals surface area (Å²) in [7, 11) is -3.74. The van der Waals surface area contributed by atoms with Crippen molar-refractivity contribution in [2.75, 3.05) is 6.61 Å². The molecule has 5 heteroatoms. The average molecular weight is 200 g/mol. The van der Waals surface area contributed by atoms with Crippen molar-refractivity contribution >= 4 is 10.4 Å². The molecule has 1 aliphatic rings. The maximum atomic E-state index is 10.8. The van der Waals surface area contributed by atoms with Crippen molar-refractivity contribution < 1.29 is 16.8 Å². The van der Waals surface area contributed by atoms with Crippen LogP contribution in [0.25, 0.3) is 0 Å². The first-order chi connectivity index (χ1) is 6.17. The van der Waals surface area contributed by atoms with Crippen molar-refractivity contribution in [2.45, 2.75) is 6.10 Å². The van der Waals surface area contributed by atoms with E-state index >= 15 is 0 Å². The van der Waals surface area contributed by atoms with Gasteiger partial charge in [0.15, 0.2) is 0 Å². The Hall–Kier alpha value is -0.910. The van der Waals surface area contributed by atoms with E-state index in [1.165, 1.54) is 0 Å². The molecule has 70 valence electrons. The molecule has 0 saturated carbocycles. The lowest BCUT2D eigenvalue weighted by Crippen LogP contribution is -2.00. The molecule has 0 bridgehead atoms. The molecular weight excluding hydrogens is 192 g/mol. The summed E-state index contributed by atoms with van der Waals surface area (Å²) in [6.07, 6.45) is -0.494. The van der Waals surface area contributed by atoms with E-state index in [-0.39, 0.29) is 6.61 Å². The predicted molar refractivity (Wildman–Crippen MR) is 45.1 cm³/mol. The standard InChI is InChI=1S/C8H8O4S/c9-13(10)11-6-8(12-13)7-4-2-1-3-5-7/h1-5,8H,6H2/t8-/m0/s1. The van der Waals surface area contributed by atoms with E-state index in [2.05, 4.69) is 8.37 Å². The molecule has 1 saturated heterocycles. The van der Waals surface area contributed by atoms with E-state index in [0.29, 0.717) is 0 Å². The molecule has 1 aromatic carbocycles. The Morgan fingerprint density at radius 2 is 1.92 bits per heavy atom. The van der Waals surface area contributed by atoms with Gasteiger partial charge in [-0.25, -0.2) is 8.37 Å². The van der Waals surface area contributed by atoms with Gasteiger partial charge in [0.25, 0.3) is 0 Å². The molecule has 1 heterocycles. The molecule has 1 fully saturated rings. The minimum Gasteiger partial charge on any atom is -0.245 e. The minimum absolute atomic E-state index is 0.0619. The van der Waals surface area contributed by atoms with Gasteiger partial charge in [-0.1, -0.05) is 30.3 Å². The molecule has 13 heavy (non-hydrogen) atoms. The Morgan fingerprint density at radius 3 is 2.46 bits per heavy atom. The first kappa shape index (κ1) is 8.68. The van der Waals surface area contributed by atoms with Crippen molar-refractivity contribution in [3.63, 3.8) is 0 Å². The lowest BCUT2D eigenvalue weighted by molar-refractivity contribution is 0.242. The SMILES string of the molecule is O=S1(=O)OC[C@@H](c2ccccc2)O1. The van der Waals surface area contributed by atoms with Crippen LogP contribution >= 0.6 is 0 Å². The van der Waals surface area contributed by atoms with Crippen molar-refractivity contribution in [1.82, 2.24) is 0 Å². The van der Waals surface area contributed by atoms with Crippen LogP contribution in [0.1, 0.15) is 11.7 Å². The highest BCUT2D eigenvalue weighted by molar-refractivity contribution is 7.82. The maximum absolute atomic E-state index is 10.8. The van der Waals surface area contributed by atoms with Gasteiger partial charge >= 0.3 is 10.4 Å². The fourth-order valence-corrected chi connectivity index (χ4v) is 1.96. The quantitative estimate of drug-likeness (QED) is 0.679. The van der Waals surface area contributed by atoms with Crippen LogP contribution in [0, 0.1) is 0 Å². The lowest BCUT2D eigenvalue weighted by atomic mass is 10.1. The van der Waals surface area contributed by atoms with Crippen LogP contribution in [0.5, 0.6) is 0 Å². The van der Waals surface area contributed by atoms with Gasteiger partial charge in [-0.2, -0.15) is 8.42 Å². The summed E-state index contributed by atoms with van der Waals surface area (Å²) < 4.78 is 30.7. The van der Waals surface area contributed by atoms with Gasteiger partial charge in [-0.05, 0) is 5.56 Å². The normalized spacial score (nSPS) is 26.0. The molecule has 0 spiro atoms. The van der Waals surface area contributed by atoms with Gasteiger partial charge in [-0.3, -0.25) is 0 Å². The summed E-state index contributed by atoms with van der Waals surface area (Å²) in [5.41, 5.74) is 0.809. The second kappa shape index (κ2) is 3.10. The monoisotopic (exact) mass is 200 g/mol. The zero-order valence-corrected chi connectivity index (χ0v) is 7.53. The van der Waals surface area contributed by atoms with Crippen LogP contribution in [-0.4, -0.2) is 15.0 Å². The number of rotatable bonds is 1. The zero-order chi connectivity index (χ0) is 9.31. The molecule has 0 radical (unpaired) electrons. The highest BCUT2D eigenvalue weighted by atomic mass is 32.3. The Labute approximate surface area is 76.4 Å². The van der Waals surface area contributed by atoms with E-state index in [4.69, 9.17) is 0 Å². The van der Waals surface area contributed by atoms with Gasteiger partial charge in [0.05, 0.1) is 0 Å². The topological polar surface area (TPSA) is 52.6 Å². The number of benzene rings is 1. The molecule has 0 N–H and O–H groups in total. The summed E-state index contributed by atoms with van der Waals surface area (Å²) in [6, 6.07) is 9.10. The zero-order valence-electron chi connectivity index (χ0n) is 6.71. The minimum atomic E-state index is -3.74. The molecule has 0 amide bonds. The average Bonchev–Trinajstić information content (AvgIpc) is 2.48. The largest absolute Gasteiger partial charge is 0.400 e. The van der Waals surface area contributed by atoms with Crippen molar-refractivity contribution in [2.24, 2.45) is 0 Å². The molecule has 2 rings (SSSR count). The molecule has 1 aliphatic heterocycles. The summed E-state index contributed by atoms with van der Waals surface area (Å²) >= 11 is 0. The highest BCUT2D eigenvalue weighted by Gasteiger charge is 2.30. The third-order valence-electron chi connectivity index (χ3n) is 1.77. The highest BCUT2D eigenvalue weighted by Crippen LogP contribution is 2.26. The van der Waals surface area contributed by atoms with Gasteiger partial charge in [-0.15, -0.1) is 0 Å². The van der Waals surface area contributed by atoms with Crippen molar-refractivity contribution in [3.05, 3.63) is 35.9 Å². The molecule has 0 unspecified atom stereocenters. The third kappa shape index (κ3) is 1.88. The van der Waals surface area contributed by atoms with Crippen LogP contribution in [0.3, 0.4) is 0 Å². The number of hydrogen-bond acceptors (Lipinski definition) is 4. The van der Waals surface area contributed by atoms with Crippen LogP contribution < -0.4 is 0 Å². The molecule has 0 aliphatic carbocycles. The van der Waals surface area contributed by atoms with E-state index in [9.17, 15) is 8.42 Å². The smallest absolute Gasteiger partial charge is 0.245 e. The summed E-state index contributed by atoms with van der Waals surface area (Å²) in [5, 5.41) is 0. The van der Waals surface area contributed by atoms with Crippen LogP contribution in [0.15, 0.2) is 30.3 Å². The first-order valence-electron chi connectivity index (χ1n) is 3.80. The van der Waals surface area contributed by atoms with Crippen LogP contribution in [-0.2, 0) is 18.8 Å². The molecular formula is C8H8O4S. The van der Waals surface area contributed by atoms with E-state index in [1.54, 1.807) is 12.1 Å². The van der Waals surface area contributed by atoms with Crippen LogP contribution in [0.4, 0.5) is 0 Å². The number of hydrogen-bond donors (Lipinski definition) is 0. The van der Waals surface area contributed by atoms with E-state index in [0.717, 1.165) is 5.56 Å². The second-order valence-corrected chi connectivity index (χ2v) is 3.93. The fourth-order valence-electron chi connectivity index (χ4n) is 1.16. The van der Waals surface area contributed by atoms with Gasteiger partial charge in [0, 0.05) is 0 Å². The van der Waals surface area contributed by atoms with Gasteiger partial charge < -0.3 is 0 Å². The Bertz CT molecular complexity index is 384. The molecule has 4 nitrogen and oxygen atoms in total. The predicted octanol–water partition coefficient (Wildman–Crippen LogP) is 1.02. The van der Waals surface area contributed by atoms with E-state index in [1.807, 2.05) is 18.2 Å². The van der Waals surface area contributed by atoms with Crippen LogP contribution in [0.2, 0.25) is 0 Å². The first-order valence-corrected chi connectivity index (χ1v) is 5.13. The fraction of sp³-hybridized carbons (Fsp3) is 0.250. The Balaban J connectivity index is 2.22. The summed E-state index contributed by atoms with van der Waals surface area (Å²) in [5.74, 6) is 0. The second-order valence-electron chi connectivity index (χ2n) is 2.69. The van der Waals surface area contributed by atoms with Gasteiger partial charge in [0.2, 0.25) is 0 Å². The Morgan fingerprint density at radius 1 is 1.23 bits per heavy atom. The lowest BCUT2D eigenvalue weighted by Gasteiger charge is -2.03. The molecule has 1 aromatic rings. The van der Waals surface area contributed by atoms with Crippen molar-refractivity contribution in [1.29, 1.82) is 0 Å². The summed E-state index contributed by atoms with van der Waals surface area (Å²) in [6.45, 7) is 0.0619. The maximum Gasteiger partial charge on any atom is 0.400 e. The Kier molecular flexibility index (Phi) is 2.07.